The van der Waals surface area contributed by atoms with E-state index in [4.69, 9.17) is 9.30 Å². The highest BCUT2D eigenvalue weighted by Gasteiger charge is 2.11. The number of hydrogen-bond acceptors (Lipinski definition) is 2. The molecule has 4 nitrogen and oxygen atoms in total. The van der Waals surface area contributed by atoms with Crippen molar-refractivity contribution in [3.05, 3.63) is 11.2 Å². The van der Waals surface area contributed by atoms with Gasteiger partial charge in [0.1, 0.15) is 0 Å². The average molecular weight is 143 g/mol. The van der Waals surface area contributed by atoms with Crippen LogP contribution in [0.5, 0.6) is 0 Å². The van der Waals surface area contributed by atoms with Crippen LogP contribution in [0.15, 0.2) is 9.93 Å². The minimum absolute atomic E-state index is 0.571. The number of anilines is 1. The normalized spacial score (nSPS) is 23.3. The van der Waals surface area contributed by atoms with Gasteiger partial charge in [-0.3, -0.25) is 9.50 Å². The van der Waals surface area contributed by atoms with Crippen LogP contribution in [-0.4, -0.2) is 5.16 Å². The van der Waals surface area contributed by atoms with Gasteiger partial charge in [-0.05, 0) is 6.08 Å². The molecule has 2 heterocycles. The van der Waals surface area contributed by atoms with Crippen molar-refractivity contribution in [1.82, 2.24) is 5.16 Å². The standard InChI is InChI=1S/C4H5N3OS/c5-9-2-1-3-4(7-9)6-8-3/h1-2,6H,(H2,5,7)/t9-/m0/s1. The van der Waals surface area contributed by atoms with Crippen molar-refractivity contribution < 1.29 is 4.52 Å². The first-order chi connectivity index (χ1) is 4.36. The van der Waals surface area contributed by atoms with Crippen molar-refractivity contribution >= 4 is 22.8 Å². The molecule has 5 heteroatoms. The van der Waals surface area contributed by atoms with Gasteiger partial charge in [-0.25, -0.2) is 5.16 Å². The Kier molecular flexibility index (Phi) is 0.814. The molecule has 0 amide bonds. The van der Waals surface area contributed by atoms with E-state index >= 15 is 0 Å². The van der Waals surface area contributed by atoms with Crippen molar-refractivity contribution in [2.45, 2.75) is 0 Å². The molecule has 0 unspecified atom stereocenters. The molecule has 0 spiro atoms. The Bertz CT molecular complexity index is 271. The SMILES string of the molecule is N=[S@@]1C=Cc2o[nH]c2N1. The molecule has 1 aromatic rings. The van der Waals surface area contributed by atoms with Crippen LogP contribution in [0.4, 0.5) is 5.82 Å². The zero-order chi connectivity index (χ0) is 6.27. The summed E-state index contributed by atoms with van der Waals surface area (Å²) in [5.74, 6) is 1.63. The number of nitrogens with one attached hydrogen (secondary N) is 3. The number of rotatable bonds is 0. The number of H-pyrrole nitrogens is 1. The van der Waals surface area contributed by atoms with Crippen molar-refractivity contribution in [3.8, 4) is 0 Å². The maximum Gasteiger partial charge on any atom is 0.199 e. The molecule has 0 bridgehead atoms. The van der Waals surface area contributed by atoms with E-state index in [0.717, 1.165) is 11.6 Å². The third kappa shape index (κ3) is 0.613. The van der Waals surface area contributed by atoms with Crippen LogP contribution in [0, 0.1) is 4.78 Å². The van der Waals surface area contributed by atoms with Gasteiger partial charge in [0.15, 0.2) is 11.6 Å². The molecule has 0 aromatic carbocycles. The molecule has 48 valence electrons. The lowest BCUT2D eigenvalue weighted by molar-refractivity contribution is 0.358. The Balaban J connectivity index is 2.43. The highest BCUT2D eigenvalue weighted by atomic mass is 32.2. The van der Waals surface area contributed by atoms with Gasteiger partial charge < -0.3 is 4.52 Å². The second-order valence-electron chi connectivity index (χ2n) is 1.69. The maximum atomic E-state index is 7.23. The van der Waals surface area contributed by atoms with Crippen LogP contribution in [-0.2, 0) is 10.9 Å². The quantitative estimate of drug-likeness (QED) is 0.512. The summed E-state index contributed by atoms with van der Waals surface area (Å²) in [6.07, 6.45) is 1.79. The largest absolute Gasteiger partial charge is 0.377 e. The lowest BCUT2D eigenvalue weighted by atomic mass is 10.4. The number of aromatic nitrogens is 1. The summed E-state index contributed by atoms with van der Waals surface area (Å²) in [6, 6.07) is 0. The lowest BCUT2D eigenvalue weighted by Crippen LogP contribution is -2.09. The molecular formula is C4H5N3OS. The van der Waals surface area contributed by atoms with E-state index < -0.39 is 10.9 Å². The predicted octanol–water partition coefficient (Wildman–Crippen LogP) is 1.30. The van der Waals surface area contributed by atoms with E-state index in [0.29, 0.717) is 0 Å². The maximum absolute atomic E-state index is 7.23. The Labute approximate surface area is 53.9 Å². The van der Waals surface area contributed by atoms with Crippen LogP contribution in [0.3, 0.4) is 0 Å². The highest BCUT2D eigenvalue weighted by Crippen LogP contribution is 2.21. The predicted molar refractivity (Wildman–Crippen MR) is 35.8 cm³/mol. The molecule has 0 radical (unpaired) electrons. The molecule has 1 aliphatic heterocycles. The summed E-state index contributed by atoms with van der Waals surface area (Å²) in [6.45, 7) is 0. The summed E-state index contributed by atoms with van der Waals surface area (Å²) >= 11 is 0. The fraction of sp³-hybridized carbons (Fsp3) is 0. The zero-order valence-corrected chi connectivity index (χ0v) is 5.29. The zero-order valence-electron chi connectivity index (χ0n) is 4.47. The molecule has 1 aliphatic rings. The van der Waals surface area contributed by atoms with Crippen molar-refractivity contribution in [2.24, 2.45) is 0 Å². The van der Waals surface area contributed by atoms with E-state index in [-0.39, 0.29) is 0 Å². The van der Waals surface area contributed by atoms with E-state index in [1.807, 2.05) is 0 Å². The third-order valence-electron chi connectivity index (χ3n) is 1.08. The molecule has 2 rings (SSSR count). The summed E-state index contributed by atoms with van der Waals surface area (Å²) in [4.78, 5) is 0. The molecular weight excluding hydrogens is 138 g/mol. The summed E-state index contributed by atoms with van der Waals surface area (Å²) in [7, 11) is -0.571. The van der Waals surface area contributed by atoms with Crippen LogP contribution >= 0.6 is 0 Å². The molecule has 1 atom stereocenters. The second-order valence-corrected chi connectivity index (χ2v) is 2.84. The van der Waals surface area contributed by atoms with E-state index in [1.165, 1.54) is 0 Å². The van der Waals surface area contributed by atoms with E-state index in [2.05, 4.69) is 9.88 Å². The summed E-state index contributed by atoms with van der Waals surface area (Å²) < 4.78 is 14.9. The van der Waals surface area contributed by atoms with Crippen LogP contribution in [0.2, 0.25) is 0 Å². The van der Waals surface area contributed by atoms with Crippen molar-refractivity contribution in [1.29, 1.82) is 4.78 Å². The van der Waals surface area contributed by atoms with Gasteiger partial charge in [0.25, 0.3) is 0 Å². The first kappa shape index (κ1) is 4.87. The smallest absolute Gasteiger partial charge is 0.199 e. The average Bonchev–Trinajstić information content (AvgIpc) is 1.78. The van der Waals surface area contributed by atoms with Gasteiger partial charge in [0.2, 0.25) is 0 Å². The summed E-state index contributed by atoms with van der Waals surface area (Å²) in [5.41, 5.74) is 0. The third-order valence-corrected chi connectivity index (χ3v) is 1.91. The first-order valence-corrected chi connectivity index (χ1v) is 3.71. The second kappa shape index (κ2) is 1.51. The van der Waals surface area contributed by atoms with Gasteiger partial charge in [0, 0.05) is 16.3 Å². The first-order valence-electron chi connectivity index (χ1n) is 2.42. The molecule has 9 heavy (non-hydrogen) atoms. The molecule has 1 aromatic heterocycles. The van der Waals surface area contributed by atoms with Gasteiger partial charge >= 0.3 is 0 Å². The minimum Gasteiger partial charge on any atom is -0.377 e. The summed E-state index contributed by atoms with van der Waals surface area (Å²) in [5, 5.41) is 4.33. The van der Waals surface area contributed by atoms with Crippen LogP contribution in [0.1, 0.15) is 5.76 Å². The van der Waals surface area contributed by atoms with Crippen molar-refractivity contribution in [2.75, 3.05) is 4.72 Å². The lowest BCUT2D eigenvalue weighted by Gasteiger charge is -2.13. The van der Waals surface area contributed by atoms with Crippen LogP contribution < -0.4 is 4.72 Å². The molecule has 0 fully saturated rings. The monoisotopic (exact) mass is 143 g/mol. The topological polar surface area (TPSA) is 64.8 Å². The Morgan fingerprint density at radius 2 is 2.56 bits per heavy atom. The van der Waals surface area contributed by atoms with Crippen LogP contribution in [0.25, 0.3) is 6.08 Å². The number of hydrogen-bond donors (Lipinski definition) is 3. The molecule has 0 saturated heterocycles. The fourth-order valence-corrected chi connectivity index (χ4v) is 1.31. The van der Waals surface area contributed by atoms with Gasteiger partial charge in [-0.2, -0.15) is 0 Å². The number of aromatic amines is 1. The Morgan fingerprint density at radius 1 is 1.67 bits per heavy atom. The molecule has 0 saturated carbocycles. The Morgan fingerprint density at radius 3 is 3.00 bits per heavy atom. The number of fused-ring (bicyclic) bond motifs is 1. The van der Waals surface area contributed by atoms with Crippen molar-refractivity contribution in [3.63, 3.8) is 0 Å². The fourth-order valence-electron chi connectivity index (χ4n) is 0.623. The minimum atomic E-state index is -0.571. The van der Waals surface area contributed by atoms with Gasteiger partial charge in [-0.15, -0.1) is 0 Å². The van der Waals surface area contributed by atoms with Gasteiger partial charge in [-0.1, -0.05) is 0 Å². The Hall–Kier alpha value is -0.970. The highest BCUT2D eigenvalue weighted by molar-refractivity contribution is 7.90. The molecule has 0 aliphatic carbocycles. The molecule has 3 N–H and O–H groups in total. The van der Waals surface area contributed by atoms with E-state index in [1.54, 1.807) is 11.5 Å². The van der Waals surface area contributed by atoms with E-state index in [9.17, 15) is 0 Å². The van der Waals surface area contributed by atoms with Gasteiger partial charge in [0.05, 0.1) is 0 Å².